The number of nitrogens with zero attached hydrogens (tertiary/aromatic N) is 2. The standard InChI is InChI=1S/C19H27N3O2/c1-13(2)22(16-9-7-14(3)8-10-16)19(24)21-11-15-5-4-6-18(23)20-17(15)12-21/h7-10,13,15,17H,4-6,11-12H2,1-3H3,(H,20,23). The minimum absolute atomic E-state index is 0.0381. The Morgan fingerprint density at radius 1 is 1.25 bits per heavy atom. The Morgan fingerprint density at radius 3 is 2.62 bits per heavy atom. The summed E-state index contributed by atoms with van der Waals surface area (Å²) >= 11 is 0. The summed E-state index contributed by atoms with van der Waals surface area (Å²) in [5, 5.41) is 3.09. The van der Waals surface area contributed by atoms with Crippen LogP contribution in [0.3, 0.4) is 0 Å². The van der Waals surface area contributed by atoms with Gasteiger partial charge in [0, 0.05) is 31.2 Å². The van der Waals surface area contributed by atoms with E-state index in [0.717, 1.165) is 25.1 Å². The van der Waals surface area contributed by atoms with Crippen LogP contribution in [0.5, 0.6) is 0 Å². The van der Waals surface area contributed by atoms with Gasteiger partial charge in [-0.2, -0.15) is 0 Å². The van der Waals surface area contributed by atoms with Crippen LogP contribution >= 0.6 is 0 Å². The summed E-state index contributed by atoms with van der Waals surface area (Å²) in [4.78, 5) is 28.7. The molecular weight excluding hydrogens is 302 g/mol. The molecule has 24 heavy (non-hydrogen) atoms. The molecule has 1 aromatic carbocycles. The van der Waals surface area contributed by atoms with Gasteiger partial charge in [0.25, 0.3) is 0 Å². The van der Waals surface area contributed by atoms with E-state index in [2.05, 4.69) is 5.32 Å². The number of nitrogens with one attached hydrogen (secondary N) is 1. The van der Waals surface area contributed by atoms with Crippen LogP contribution in [0, 0.1) is 12.8 Å². The fourth-order valence-corrected chi connectivity index (χ4v) is 3.77. The zero-order chi connectivity index (χ0) is 17.3. The number of carbonyl (C=O) groups excluding carboxylic acids is 2. The maximum absolute atomic E-state index is 13.1. The van der Waals surface area contributed by atoms with Crippen LogP contribution in [0.25, 0.3) is 0 Å². The van der Waals surface area contributed by atoms with Gasteiger partial charge in [-0.15, -0.1) is 0 Å². The van der Waals surface area contributed by atoms with Crippen molar-refractivity contribution in [1.29, 1.82) is 0 Å². The number of hydrogen-bond acceptors (Lipinski definition) is 2. The summed E-state index contributed by atoms with van der Waals surface area (Å²) in [6, 6.07) is 8.30. The fraction of sp³-hybridized carbons (Fsp3) is 0.579. The largest absolute Gasteiger partial charge is 0.351 e. The van der Waals surface area contributed by atoms with E-state index in [1.54, 1.807) is 0 Å². The van der Waals surface area contributed by atoms with Crippen LogP contribution < -0.4 is 10.2 Å². The van der Waals surface area contributed by atoms with Crippen LogP contribution in [0.1, 0.15) is 38.7 Å². The number of likely N-dealkylation sites (tertiary alicyclic amines) is 1. The van der Waals surface area contributed by atoms with Crippen LogP contribution in [0.4, 0.5) is 10.5 Å². The van der Waals surface area contributed by atoms with Crippen LogP contribution in [0.2, 0.25) is 0 Å². The molecule has 2 fully saturated rings. The maximum atomic E-state index is 13.1. The first kappa shape index (κ1) is 16.8. The molecule has 1 N–H and O–H groups in total. The molecule has 2 aliphatic heterocycles. The topological polar surface area (TPSA) is 52.7 Å². The van der Waals surface area contributed by atoms with E-state index in [0.29, 0.717) is 18.9 Å². The van der Waals surface area contributed by atoms with Crippen molar-refractivity contribution in [3.8, 4) is 0 Å². The monoisotopic (exact) mass is 329 g/mol. The molecule has 130 valence electrons. The lowest BCUT2D eigenvalue weighted by molar-refractivity contribution is -0.121. The van der Waals surface area contributed by atoms with Gasteiger partial charge >= 0.3 is 6.03 Å². The molecular formula is C19H27N3O2. The van der Waals surface area contributed by atoms with Gasteiger partial charge in [-0.1, -0.05) is 17.7 Å². The minimum Gasteiger partial charge on any atom is -0.351 e. The van der Waals surface area contributed by atoms with E-state index >= 15 is 0 Å². The van der Waals surface area contributed by atoms with Crippen molar-refractivity contribution in [1.82, 2.24) is 10.2 Å². The number of urea groups is 1. The normalized spacial score (nSPS) is 23.7. The lowest BCUT2D eigenvalue weighted by atomic mass is 9.99. The van der Waals surface area contributed by atoms with Gasteiger partial charge in [-0.25, -0.2) is 4.79 Å². The van der Waals surface area contributed by atoms with Crippen molar-refractivity contribution in [2.45, 2.75) is 52.1 Å². The van der Waals surface area contributed by atoms with E-state index in [1.807, 2.05) is 54.8 Å². The van der Waals surface area contributed by atoms with Crippen LogP contribution in [-0.4, -0.2) is 42.0 Å². The molecule has 3 amide bonds. The third-order valence-electron chi connectivity index (χ3n) is 5.07. The second-order valence-electron chi connectivity index (χ2n) is 7.31. The Hall–Kier alpha value is -2.04. The van der Waals surface area contributed by atoms with Crippen LogP contribution in [-0.2, 0) is 4.79 Å². The fourth-order valence-electron chi connectivity index (χ4n) is 3.77. The Bertz CT molecular complexity index is 612. The minimum atomic E-state index is 0.0381. The molecule has 0 radical (unpaired) electrons. The molecule has 2 aliphatic rings. The first-order valence-corrected chi connectivity index (χ1v) is 8.90. The molecule has 2 atom stereocenters. The lowest BCUT2D eigenvalue weighted by Crippen LogP contribution is -2.47. The summed E-state index contributed by atoms with van der Waals surface area (Å²) in [5.74, 6) is 0.503. The van der Waals surface area contributed by atoms with Crippen LogP contribution in [0.15, 0.2) is 24.3 Å². The number of carbonyl (C=O) groups is 2. The van der Waals surface area contributed by atoms with Crippen molar-refractivity contribution in [3.05, 3.63) is 29.8 Å². The number of fused-ring (bicyclic) bond motifs is 1. The number of rotatable bonds is 2. The number of hydrogen-bond donors (Lipinski definition) is 1. The smallest absolute Gasteiger partial charge is 0.324 e. The molecule has 5 nitrogen and oxygen atoms in total. The average molecular weight is 329 g/mol. The summed E-state index contributed by atoms with van der Waals surface area (Å²) < 4.78 is 0. The molecule has 0 spiro atoms. The Kier molecular flexibility index (Phi) is 4.78. The van der Waals surface area contributed by atoms with E-state index in [9.17, 15) is 9.59 Å². The van der Waals surface area contributed by atoms with Gasteiger partial charge in [-0.3, -0.25) is 9.69 Å². The predicted octanol–water partition coefficient (Wildman–Crippen LogP) is 2.93. The van der Waals surface area contributed by atoms with Gasteiger partial charge in [0.05, 0.1) is 6.04 Å². The highest BCUT2D eigenvalue weighted by molar-refractivity contribution is 5.93. The van der Waals surface area contributed by atoms with E-state index in [4.69, 9.17) is 0 Å². The molecule has 0 bridgehead atoms. The highest BCUT2D eigenvalue weighted by atomic mass is 16.2. The zero-order valence-electron chi connectivity index (χ0n) is 14.8. The first-order valence-electron chi connectivity index (χ1n) is 8.90. The number of aryl methyl sites for hydroxylation is 1. The highest BCUT2D eigenvalue weighted by Crippen LogP contribution is 2.28. The summed E-state index contributed by atoms with van der Waals surface area (Å²) in [6.07, 6.45) is 2.54. The van der Waals surface area contributed by atoms with Gasteiger partial charge < -0.3 is 10.2 Å². The van der Waals surface area contributed by atoms with Gasteiger partial charge in [-0.05, 0) is 51.7 Å². The van der Waals surface area contributed by atoms with Crippen molar-refractivity contribution in [3.63, 3.8) is 0 Å². The number of amides is 3. The molecule has 1 aromatic rings. The molecule has 0 aliphatic carbocycles. The quantitative estimate of drug-likeness (QED) is 0.907. The number of benzene rings is 1. The van der Waals surface area contributed by atoms with Crippen molar-refractivity contribution < 1.29 is 9.59 Å². The third-order valence-corrected chi connectivity index (χ3v) is 5.07. The second-order valence-corrected chi connectivity index (χ2v) is 7.31. The summed E-state index contributed by atoms with van der Waals surface area (Å²) in [6.45, 7) is 7.46. The highest BCUT2D eigenvalue weighted by Gasteiger charge is 2.39. The predicted molar refractivity (Wildman–Crippen MR) is 95.0 cm³/mol. The molecule has 2 saturated heterocycles. The molecule has 0 saturated carbocycles. The average Bonchev–Trinajstić information content (AvgIpc) is 2.84. The maximum Gasteiger partial charge on any atom is 0.324 e. The molecule has 5 heteroatoms. The van der Waals surface area contributed by atoms with E-state index in [-0.39, 0.29) is 24.0 Å². The second kappa shape index (κ2) is 6.83. The Balaban J connectivity index is 1.76. The van der Waals surface area contributed by atoms with Gasteiger partial charge in [0.2, 0.25) is 5.91 Å². The van der Waals surface area contributed by atoms with E-state index in [1.165, 1.54) is 5.56 Å². The van der Waals surface area contributed by atoms with Crippen molar-refractivity contribution in [2.24, 2.45) is 5.92 Å². The summed E-state index contributed by atoms with van der Waals surface area (Å²) in [5.41, 5.74) is 2.11. The van der Waals surface area contributed by atoms with Crippen molar-refractivity contribution >= 4 is 17.6 Å². The first-order chi connectivity index (χ1) is 11.5. The Labute approximate surface area is 144 Å². The van der Waals surface area contributed by atoms with Crippen molar-refractivity contribution in [2.75, 3.05) is 18.0 Å². The zero-order valence-corrected chi connectivity index (χ0v) is 14.8. The molecule has 2 unspecified atom stereocenters. The molecule has 2 heterocycles. The Morgan fingerprint density at radius 2 is 1.96 bits per heavy atom. The SMILES string of the molecule is Cc1ccc(N(C(=O)N2CC3CCCC(=O)NC3C2)C(C)C)cc1. The van der Waals surface area contributed by atoms with Gasteiger partial charge in [0.15, 0.2) is 0 Å². The lowest BCUT2D eigenvalue weighted by Gasteiger charge is -2.31. The van der Waals surface area contributed by atoms with E-state index < -0.39 is 0 Å². The molecule has 0 aromatic heterocycles. The third kappa shape index (κ3) is 3.40. The number of anilines is 1. The molecule has 3 rings (SSSR count). The summed E-state index contributed by atoms with van der Waals surface area (Å²) in [7, 11) is 0. The van der Waals surface area contributed by atoms with Gasteiger partial charge in [0.1, 0.15) is 0 Å².